The summed E-state index contributed by atoms with van der Waals surface area (Å²) in [6.45, 7) is 12.0. The molecule has 3 aliphatic carbocycles. The van der Waals surface area contributed by atoms with Gasteiger partial charge in [-0.1, -0.05) is 0 Å². The second kappa shape index (κ2) is 8.94. The Morgan fingerprint density at radius 3 is 2.39 bits per heavy atom. The van der Waals surface area contributed by atoms with Crippen LogP contribution < -0.4 is 0 Å². The fraction of sp³-hybridized carbons (Fsp3) is 0.435. The average molecular weight is 658 g/mol. The van der Waals surface area contributed by atoms with E-state index in [1.807, 2.05) is 0 Å². The minimum absolute atomic E-state index is 0.472. The summed E-state index contributed by atoms with van der Waals surface area (Å²) in [4.78, 5) is 0. The van der Waals surface area contributed by atoms with Crippen LogP contribution in [-0.2, 0) is 19.1 Å². The summed E-state index contributed by atoms with van der Waals surface area (Å²) in [7, 11) is 12.2. The Balaban J connectivity index is 2.26. The van der Waals surface area contributed by atoms with Crippen LogP contribution in [0, 0.1) is 5.92 Å². The van der Waals surface area contributed by atoms with E-state index in [-0.39, 0.29) is 0 Å². The number of hydrogen-bond donors (Lipinski definition) is 0. The quantitative estimate of drug-likeness (QED) is 0.273. The van der Waals surface area contributed by atoms with Crippen LogP contribution in [0.5, 0.6) is 0 Å². The number of halogens is 2. The molecule has 3 rings (SSSR count). The summed E-state index contributed by atoms with van der Waals surface area (Å²) in [5.41, 5.74) is 7.37. The molecule has 28 heavy (non-hydrogen) atoms. The van der Waals surface area contributed by atoms with E-state index in [4.69, 9.17) is 17.2 Å². The van der Waals surface area contributed by atoms with Crippen molar-refractivity contribution in [2.45, 2.75) is 57.8 Å². The molecule has 0 N–H and O–H groups in total. The van der Waals surface area contributed by atoms with Crippen LogP contribution in [0.25, 0.3) is 0 Å². The number of rotatable bonds is 4. The van der Waals surface area contributed by atoms with E-state index < -0.39 is 41.1 Å². The zero-order chi connectivity index (χ0) is 20.8. The Kier molecular flexibility index (Phi) is 7.41. The van der Waals surface area contributed by atoms with Gasteiger partial charge in [0.05, 0.1) is 0 Å². The molecule has 0 radical (unpaired) electrons. The van der Waals surface area contributed by atoms with E-state index in [2.05, 4.69) is 75.4 Å². The van der Waals surface area contributed by atoms with Crippen molar-refractivity contribution in [2.75, 3.05) is 0 Å². The third-order valence-corrected chi connectivity index (χ3v) is 18.3. The predicted molar refractivity (Wildman–Crippen MR) is 129 cm³/mol. The van der Waals surface area contributed by atoms with E-state index in [0.29, 0.717) is 5.92 Å². The van der Waals surface area contributed by atoms with Crippen molar-refractivity contribution in [2.24, 2.45) is 5.92 Å². The Morgan fingerprint density at radius 2 is 1.89 bits per heavy atom. The van der Waals surface area contributed by atoms with Gasteiger partial charge in [-0.25, -0.2) is 0 Å². The van der Waals surface area contributed by atoms with Gasteiger partial charge in [0.25, 0.3) is 0 Å². The zero-order valence-corrected chi connectivity index (χ0v) is 26.3. The van der Waals surface area contributed by atoms with Gasteiger partial charge in [-0.2, -0.15) is 0 Å². The van der Waals surface area contributed by atoms with Crippen molar-refractivity contribution in [1.82, 2.24) is 0 Å². The Hall–Kier alpha value is 0.520. The zero-order valence-electron chi connectivity index (χ0n) is 18.1. The molecule has 0 saturated heterocycles. The normalized spacial score (nSPS) is 22.2. The fourth-order valence-corrected chi connectivity index (χ4v) is 15.9. The van der Waals surface area contributed by atoms with Crippen LogP contribution in [0.3, 0.4) is 0 Å². The standard InChI is InChI=1S/C23H31GeSi.2ClH.Hf/c1-8-17-14-18-10-9-11-21(24(3)4)16(2)22(18)23(17)19-12-13-20(15-19)25(5,6)7;;;/h9-11,13,15-16H,8,12H2,1-7H3;2*1H;/q;;;+2/p-2. The second-order valence-corrected chi connectivity index (χ2v) is 31.1. The summed E-state index contributed by atoms with van der Waals surface area (Å²) in [6, 6.07) is 0. The number of fused-ring (bicyclic) bond motifs is 1. The molecule has 0 saturated carbocycles. The molecule has 0 aromatic heterocycles. The molecule has 0 aromatic rings. The summed E-state index contributed by atoms with van der Waals surface area (Å²) in [5, 5.41) is 1.59. The maximum atomic E-state index is 6.76. The van der Waals surface area contributed by atoms with Gasteiger partial charge in [0, 0.05) is 0 Å². The first-order valence-corrected chi connectivity index (χ1v) is 29.7. The van der Waals surface area contributed by atoms with Crippen LogP contribution in [-0.4, -0.2) is 26.3 Å². The van der Waals surface area contributed by atoms with Crippen molar-refractivity contribution >= 4 is 43.5 Å². The van der Waals surface area contributed by atoms with Crippen LogP contribution in [0.1, 0.15) is 26.7 Å². The molecule has 0 fully saturated rings. The maximum absolute atomic E-state index is 6.76. The second-order valence-electron chi connectivity index (χ2n) is 9.16. The molecule has 149 valence electrons. The topological polar surface area (TPSA) is 0 Å². The first-order valence-electron chi connectivity index (χ1n) is 10.2. The van der Waals surface area contributed by atoms with Crippen molar-refractivity contribution in [3.63, 3.8) is 0 Å². The van der Waals surface area contributed by atoms with Crippen LogP contribution in [0.2, 0.25) is 31.2 Å². The van der Waals surface area contributed by atoms with Crippen molar-refractivity contribution < 1.29 is 19.1 Å². The van der Waals surface area contributed by atoms with Gasteiger partial charge in [0.2, 0.25) is 0 Å². The SMILES string of the molecule is CCC1=[C]([Hf]([Cl])[Cl])C2=CC=C[C](=[Ge]([CH3])[CH3])C(C)C2=C1C1=CC([Si](C)(C)C)=CC1. The third kappa shape index (κ3) is 4.28. The predicted octanol–water partition coefficient (Wildman–Crippen LogP) is 7.66. The fourth-order valence-electron chi connectivity index (χ4n) is 4.65. The van der Waals surface area contributed by atoms with E-state index in [9.17, 15) is 0 Å². The monoisotopic (exact) mass is 659 g/mol. The first kappa shape index (κ1) is 23.2. The van der Waals surface area contributed by atoms with Gasteiger partial charge in [0.15, 0.2) is 0 Å². The summed E-state index contributed by atoms with van der Waals surface area (Å²) in [5.74, 6) is 5.41. The molecule has 0 heterocycles. The van der Waals surface area contributed by atoms with Gasteiger partial charge < -0.3 is 0 Å². The number of allylic oxidation sites excluding steroid dienone is 12. The molecule has 1 unspecified atom stereocenters. The molecule has 1 atom stereocenters. The Bertz CT molecular complexity index is 917. The summed E-state index contributed by atoms with van der Waals surface area (Å²) < 4.78 is 3.03. The minimum atomic E-state index is -2.76. The number of hydrogen-bond acceptors (Lipinski definition) is 0. The van der Waals surface area contributed by atoms with Crippen molar-refractivity contribution in [1.29, 1.82) is 0 Å². The van der Waals surface area contributed by atoms with Gasteiger partial charge >= 0.3 is 193 Å². The molecule has 0 aliphatic heterocycles. The Labute approximate surface area is 191 Å². The Morgan fingerprint density at radius 1 is 1.21 bits per heavy atom. The van der Waals surface area contributed by atoms with Crippen LogP contribution in [0.4, 0.5) is 0 Å². The van der Waals surface area contributed by atoms with Crippen molar-refractivity contribution in [3.8, 4) is 0 Å². The van der Waals surface area contributed by atoms with Gasteiger partial charge in [-0.15, -0.1) is 0 Å². The van der Waals surface area contributed by atoms with E-state index in [1.165, 1.54) is 31.2 Å². The van der Waals surface area contributed by atoms with Crippen LogP contribution in [0.15, 0.2) is 66.8 Å². The molecular formula is C23H31Cl2GeHfSi. The van der Waals surface area contributed by atoms with Gasteiger partial charge in [0.1, 0.15) is 0 Å². The molecule has 0 bridgehead atoms. The molecule has 3 aliphatic rings. The van der Waals surface area contributed by atoms with E-state index in [0.717, 1.165) is 12.8 Å². The van der Waals surface area contributed by atoms with Gasteiger partial charge in [-0.3, -0.25) is 0 Å². The van der Waals surface area contributed by atoms with Crippen LogP contribution >= 0.6 is 17.2 Å². The van der Waals surface area contributed by atoms with Crippen molar-refractivity contribution in [3.05, 3.63) is 66.8 Å². The third-order valence-electron chi connectivity index (χ3n) is 6.05. The molecule has 0 nitrogen and oxygen atoms in total. The van der Waals surface area contributed by atoms with E-state index >= 15 is 0 Å². The molecule has 0 amide bonds. The first-order chi connectivity index (χ1) is 13.1. The summed E-state index contributed by atoms with van der Waals surface area (Å²) in [6.07, 6.45) is 14.0. The molecular weight excluding hydrogens is 626 g/mol. The molecule has 0 aromatic carbocycles. The molecule has 5 heteroatoms. The van der Waals surface area contributed by atoms with Gasteiger partial charge in [-0.05, 0) is 0 Å². The summed E-state index contributed by atoms with van der Waals surface area (Å²) >= 11 is -3.94. The average Bonchev–Trinajstić information content (AvgIpc) is 3.15. The van der Waals surface area contributed by atoms with E-state index in [1.54, 1.807) is 9.55 Å². The molecule has 0 spiro atoms.